The maximum atomic E-state index is 5.44. The van der Waals surface area contributed by atoms with E-state index in [1.165, 1.54) is 0 Å². The molecule has 29 heavy (non-hydrogen) atoms. The molecule has 0 aliphatic rings. The lowest BCUT2D eigenvalue weighted by Gasteiger charge is -2.14. The molecule has 0 saturated carbocycles. The average molecular weight is 524 g/mol. The van der Waals surface area contributed by atoms with Gasteiger partial charge in [0.15, 0.2) is 5.96 Å². The zero-order valence-electron chi connectivity index (χ0n) is 16.6. The normalized spacial score (nSPS) is 10.8. The summed E-state index contributed by atoms with van der Waals surface area (Å²) in [6, 6.07) is 15.9. The molecule has 6 nitrogen and oxygen atoms in total. The van der Waals surface area contributed by atoms with Gasteiger partial charge in [-0.1, -0.05) is 30.3 Å². The number of thiazole rings is 1. The quantitative estimate of drug-likeness (QED) is 0.274. The lowest BCUT2D eigenvalue weighted by Crippen LogP contribution is -2.36. The molecular formula is C21H25IN4O2S. The van der Waals surface area contributed by atoms with Crippen LogP contribution in [0.15, 0.2) is 58.9 Å². The van der Waals surface area contributed by atoms with Gasteiger partial charge in [-0.15, -0.1) is 35.3 Å². The summed E-state index contributed by atoms with van der Waals surface area (Å²) in [5.41, 5.74) is 3.13. The monoisotopic (exact) mass is 524 g/mol. The fraction of sp³-hybridized carbons (Fsp3) is 0.238. The molecule has 0 spiro atoms. The molecule has 0 aliphatic heterocycles. The predicted octanol–water partition coefficient (Wildman–Crippen LogP) is 4.31. The third-order valence-electron chi connectivity index (χ3n) is 4.17. The molecule has 154 valence electrons. The standard InChI is InChI=1S/C21H24N4O2S.HI/c1-22-21(23-12-16-9-10-18(26-2)11-19(16)27-3)24-13-17-14-28-20(25-17)15-7-5-4-6-8-15;/h4-11,14H,12-13H2,1-3H3,(H2,22,23,24);1H. The summed E-state index contributed by atoms with van der Waals surface area (Å²) in [4.78, 5) is 8.97. The highest BCUT2D eigenvalue weighted by Crippen LogP contribution is 2.24. The molecule has 1 heterocycles. The lowest BCUT2D eigenvalue weighted by molar-refractivity contribution is 0.390. The number of aromatic nitrogens is 1. The molecule has 3 rings (SSSR count). The largest absolute Gasteiger partial charge is 0.497 e. The van der Waals surface area contributed by atoms with Gasteiger partial charge >= 0.3 is 0 Å². The predicted molar refractivity (Wildman–Crippen MR) is 130 cm³/mol. The number of aliphatic imine (C=N–C) groups is 1. The Hall–Kier alpha value is -2.33. The summed E-state index contributed by atoms with van der Waals surface area (Å²) >= 11 is 1.64. The topological polar surface area (TPSA) is 67.8 Å². The van der Waals surface area contributed by atoms with E-state index >= 15 is 0 Å². The molecule has 0 radical (unpaired) electrons. The summed E-state index contributed by atoms with van der Waals surface area (Å²) in [5, 5.41) is 9.68. The van der Waals surface area contributed by atoms with E-state index in [1.54, 1.807) is 32.6 Å². The van der Waals surface area contributed by atoms with E-state index < -0.39 is 0 Å². The van der Waals surface area contributed by atoms with Crippen LogP contribution in [-0.4, -0.2) is 32.2 Å². The summed E-state index contributed by atoms with van der Waals surface area (Å²) in [5.74, 6) is 2.24. The van der Waals surface area contributed by atoms with Crippen LogP contribution in [0.5, 0.6) is 11.5 Å². The minimum atomic E-state index is 0. The van der Waals surface area contributed by atoms with Gasteiger partial charge in [0.1, 0.15) is 16.5 Å². The van der Waals surface area contributed by atoms with E-state index in [9.17, 15) is 0 Å². The van der Waals surface area contributed by atoms with Gasteiger partial charge in [0.25, 0.3) is 0 Å². The van der Waals surface area contributed by atoms with E-state index in [1.807, 2.05) is 36.4 Å². The van der Waals surface area contributed by atoms with Crippen molar-refractivity contribution >= 4 is 41.3 Å². The van der Waals surface area contributed by atoms with Crippen molar-refractivity contribution in [1.29, 1.82) is 0 Å². The molecule has 0 unspecified atom stereocenters. The molecule has 0 amide bonds. The van der Waals surface area contributed by atoms with Crippen molar-refractivity contribution in [2.75, 3.05) is 21.3 Å². The van der Waals surface area contributed by atoms with Gasteiger partial charge < -0.3 is 20.1 Å². The summed E-state index contributed by atoms with van der Waals surface area (Å²) in [6.07, 6.45) is 0. The maximum absolute atomic E-state index is 5.44. The first kappa shape index (κ1) is 23.0. The van der Waals surface area contributed by atoms with Crippen LogP contribution in [0.25, 0.3) is 10.6 Å². The second-order valence-corrected chi connectivity index (χ2v) is 6.83. The molecule has 2 N–H and O–H groups in total. The van der Waals surface area contributed by atoms with E-state index in [2.05, 4.69) is 33.1 Å². The van der Waals surface area contributed by atoms with Crippen LogP contribution in [0, 0.1) is 0 Å². The van der Waals surface area contributed by atoms with E-state index in [-0.39, 0.29) is 24.0 Å². The molecule has 0 saturated heterocycles. The number of guanidine groups is 1. The maximum Gasteiger partial charge on any atom is 0.191 e. The number of nitrogens with zero attached hydrogens (tertiary/aromatic N) is 2. The van der Waals surface area contributed by atoms with Crippen molar-refractivity contribution in [3.63, 3.8) is 0 Å². The molecule has 0 aliphatic carbocycles. The van der Waals surface area contributed by atoms with Crippen LogP contribution >= 0.6 is 35.3 Å². The van der Waals surface area contributed by atoms with Gasteiger partial charge in [-0.05, 0) is 12.1 Å². The van der Waals surface area contributed by atoms with Crippen LogP contribution in [0.3, 0.4) is 0 Å². The van der Waals surface area contributed by atoms with Crippen LogP contribution in [0.4, 0.5) is 0 Å². The Labute approximate surface area is 192 Å². The molecule has 3 aromatic rings. The first-order valence-corrected chi connectivity index (χ1v) is 9.76. The van der Waals surface area contributed by atoms with Crippen molar-refractivity contribution in [3.8, 4) is 22.1 Å². The van der Waals surface area contributed by atoms with Gasteiger partial charge in [-0.25, -0.2) is 4.98 Å². The smallest absolute Gasteiger partial charge is 0.191 e. The van der Waals surface area contributed by atoms with E-state index in [4.69, 9.17) is 14.5 Å². The summed E-state index contributed by atoms with van der Waals surface area (Å²) in [7, 11) is 5.04. The third-order valence-corrected chi connectivity index (χ3v) is 5.11. The van der Waals surface area contributed by atoms with Crippen molar-refractivity contribution in [3.05, 3.63) is 65.2 Å². The lowest BCUT2D eigenvalue weighted by atomic mass is 10.2. The number of hydrogen-bond donors (Lipinski definition) is 2. The van der Waals surface area contributed by atoms with E-state index in [0.717, 1.165) is 33.3 Å². The zero-order valence-corrected chi connectivity index (χ0v) is 19.8. The van der Waals surface area contributed by atoms with Gasteiger partial charge in [0.05, 0.1) is 26.5 Å². The average Bonchev–Trinajstić information content (AvgIpc) is 3.23. The second-order valence-electron chi connectivity index (χ2n) is 5.97. The first-order chi connectivity index (χ1) is 13.7. The Morgan fingerprint density at radius 1 is 1.03 bits per heavy atom. The summed E-state index contributed by atoms with van der Waals surface area (Å²) in [6.45, 7) is 1.18. The fourth-order valence-corrected chi connectivity index (χ4v) is 3.50. The molecule has 0 atom stereocenters. The minimum Gasteiger partial charge on any atom is -0.497 e. The first-order valence-electron chi connectivity index (χ1n) is 8.88. The van der Waals surface area contributed by atoms with Crippen molar-refractivity contribution in [2.45, 2.75) is 13.1 Å². The number of ether oxygens (including phenoxy) is 2. The highest BCUT2D eigenvalue weighted by molar-refractivity contribution is 14.0. The molecule has 8 heteroatoms. The van der Waals surface area contributed by atoms with Gasteiger partial charge in [-0.2, -0.15) is 0 Å². The Balaban J connectivity index is 0.00000300. The fourth-order valence-electron chi connectivity index (χ4n) is 2.67. The Morgan fingerprint density at radius 3 is 2.48 bits per heavy atom. The van der Waals surface area contributed by atoms with Crippen LogP contribution < -0.4 is 20.1 Å². The van der Waals surface area contributed by atoms with Crippen LogP contribution in [-0.2, 0) is 13.1 Å². The summed E-state index contributed by atoms with van der Waals surface area (Å²) < 4.78 is 10.7. The number of methoxy groups -OCH3 is 2. The number of nitrogens with one attached hydrogen (secondary N) is 2. The van der Waals surface area contributed by atoms with Crippen molar-refractivity contribution in [2.24, 2.45) is 4.99 Å². The molecule has 0 fully saturated rings. The molecule has 1 aromatic heterocycles. The third kappa shape index (κ3) is 6.33. The number of benzene rings is 2. The number of halogens is 1. The minimum absolute atomic E-state index is 0. The van der Waals surface area contributed by atoms with Crippen LogP contribution in [0.1, 0.15) is 11.3 Å². The van der Waals surface area contributed by atoms with E-state index in [0.29, 0.717) is 19.0 Å². The number of hydrogen-bond acceptors (Lipinski definition) is 5. The van der Waals surface area contributed by atoms with Gasteiger partial charge in [0.2, 0.25) is 0 Å². The Kier molecular flexibility index (Phi) is 9.20. The SMILES string of the molecule is CN=C(NCc1csc(-c2ccccc2)n1)NCc1ccc(OC)cc1OC.I. The van der Waals surface area contributed by atoms with Gasteiger partial charge in [0, 0.05) is 36.2 Å². The Morgan fingerprint density at radius 2 is 1.79 bits per heavy atom. The number of rotatable bonds is 7. The second kappa shape index (κ2) is 11.6. The molecule has 0 bridgehead atoms. The van der Waals surface area contributed by atoms with Gasteiger partial charge in [-0.3, -0.25) is 4.99 Å². The van der Waals surface area contributed by atoms with Crippen LogP contribution in [0.2, 0.25) is 0 Å². The molecule has 2 aromatic carbocycles. The van der Waals surface area contributed by atoms with Crippen molar-refractivity contribution < 1.29 is 9.47 Å². The molecular weight excluding hydrogens is 499 g/mol. The highest BCUT2D eigenvalue weighted by atomic mass is 127. The Bertz CT molecular complexity index is 931. The highest BCUT2D eigenvalue weighted by Gasteiger charge is 2.08. The zero-order chi connectivity index (χ0) is 19.8. The van der Waals surface area contributed by atoms with Crippen molar-refractivity contribution in [1.82, 2.24) is 15.6 Å².